The number of nitrogen functional groups attached to an aromatic ring is 1. The maximum absolute atomic E-state index is 12.0. The Hall–Kier alpha value is -2.29. The summed E-state index contributed by atoms with van der Waals surface area (Å²) in [4.78, 5) is 16.3. The van der Waals surface area contributed by atoms with Gasteiger partial charge in [-0.1, -0.05) is 23.3 Å². The molecule has 0 saturated carbocycles. The molecule has 104 valence electrons. The van der Waals surface area contributed by atoms with Crippen LogP contribution in [0.3, 0.4) is 0 Å². The van der Waals surface area contributed by atoms with Gasteiger partial charge in [-0.2, -0.15) is 5.21 Å². The third-order valence-corrected chi connectivity index (χ3v) is 2.76. The number of hydrogen-bond donors (Lipinski definition) is 3. The predicted octanol–water partition coefficient (Wildman–Crippen LogP) is -1.90. The fourth-order valence-corrected chi connectivity index (χ4v) is 1.76. The Morgan fingerprint density at radius 3 is 2.59 bits per heavy atom. The Balaban J connectivity index is 0.00000176. The van der Waals surface area contributed by atoms with E-state index in [0.29, 0.717) is 11.4 Å². The topological polar surface area (TPSA) is 122 Å². The maximum Gasteiger partial charge on any atom is 1.00 e. The zero-order chi connectivity index (χ0) is 14.7. The zero-order valence-corrected chi connectivity index (χ0v) is 13.8. The molecule has 0 radical (unpaired) electrons. The van der Waals surface area contributed by atoms with Crippen LogP contribution in [0, 0.1) is 0 Å². The van der Waals surface area contributed by atoms with E-state index in [1.807, 2.05) is 18.2 Å². The molecule has 0 saturated heterocycles. The molecular formula is C13H11N7NaO+. The van der Waals surface area contributed by atoms with E-state index in [1.54, 1.807) is 24.3 Å². The number of carbonyl (C=O) groups excluding carboxylic acids is 1. The van der Waals surface area contributed by atoms with Crippen LogP contribution in [0.4, 0.5) is 11.6 Å². The minimum atomic E-state index is -0.409. The molecule has 3 aromatic rings. The molecule has 0 aliphatic rings. The van der Waals surface area contributed by atoms with Crippen molar-refractivity contribution in [3.05, 3.63) is 48.2 Å². The third kappa shape index (κ3) is 3.67. The number of amides is 1. The van der Waals surface area contributed by atoms with Crippen LogP contribution in [0.15, 0.2) is 42.5 Å². The van der Waals surface area contributed by atoms with Crippen LogP contribution in [0.2, 0.25) is 0 Å². The number of tetrazole rings is 1. The van der Waals surface area contributed by atoms with Gasteiger partial charge in [0, 0.05) is 11.3 Å². The van der Waals surface area contributed by atoms with Gasteiger partial charge in [-0.05, 0) is 29.5 Å². The fourth-order valence-electron chi connectivity index (χ4n) is 1.76. The number of aromatic amines is 1. The van der Waals surface area contributed by atoms with Crippen molar-refractivity contribution < 1.29 is 34.4 Å². The Morgan fingerprint density at radius 1 is 1.14 bits per heavy atom. The van der Waals surface area contributed by atoms with E-state index in [1.165, 1.54) is 0 Å². The van der Waals surface area contributed by atoms with Crippen molar-refractivity contribution in [2.24, 2.45) is 0 Å². The van der Waals surface area contributed by atoms with Gasteiger partial charge >= 0.3 is 29.6 Å². The van der Waals surface area contributed by atoms with E-state index < -0.39 is 5.91 Å². The first-order valence-corrected chi connectivity index (χ1v) is 6.10. The number of aromatic nitrogens is 5. The van der Waals surface area contributed by atoms with Gasteiger partial charge in [0.2, 0.25) is 0 Å². The van der Waals surface area contributed by atoms with Gasteiger partial charge in [0.15, 0.2) is 0 Å². The summed E-state index contributed by atoms with van der Waals surface area (Å²) >= 11 is 0. The van der Waals surface area contributed by atoms with Crippen molar-refractivity contribution in [1.29, 1.82) is 0 Å². The van der Waals surface area contributed by atoms with Crippen molar-refractivity contribution in [2.45, 2.75) is 0 Å². The summed E-state index contributed by atoms with van der Waals surface area (Å²) < 4.78 is 0. The molecule has 1 aromatic carbocycles. The molecule has 22 heavy (non-hydrogen) atoms. The van der Waals surface area contributed by atoms with E-state index in [9.17, 15) is 4.79 Å². The molecule has 0 aliphatic carbocycles. The average molecular weight is 304 g/mol. The second kappa shape index (κ2) is 7.12. The number of rotatable bonds is 3. The second-order valence-electron chi connectivity index (χ2n) is 4.22. The van der Waals surface area contributed by atoms with Crippen LogP contribution in [-0.4, -0.2) is 31.5 Å². The number of carbonyl (C=O) groups is 1. The Morgan fingerprint density at radius 2 is 1.91 bits per heavy atom. The molecule has 0 atom stereocenters. The quantitative estimate of drug-likeness (QED) is 0.384. The van der Waals surface area contributed by atoms with Crippen molar-refractivity contribution >= 4 is 17.5 Å². The van der Waals surface area contributed by atoms with Gasteiger partial charge in [-0.25, -0.2) is 4.98 Å². The molecule has 8 nitrogen and oxygen atoms in total. The summed E-state index contributed by atoms with van der Waals surface area (Å²) in [6, 6.07) is 12.4. The van der Waals surface area contributed by atoms with E-state index in [0.717, 1.165) is 5.56 Å². The Bertz CT molecular complexity index is 758. The van der Waals surface area contributed by atoms with E-state index in [-0.39, 0.29) is 41.2 Å². The fraction of sp³-hybridized carbons (Fsp3) is 0. The molecule has 1 amide bonds. The van der Waals surface area contributed by atoms with Crippen molar-refractivity contribution in [1.82, 2.24) is 25.6 Å². The normalized spacial score (nSPS) is 9.82. The zero-order valence-electron chi connectivity index (χ0n) is 11.8. The smallest absolute Gasteiger partial charge is 0.399 e. The minimum absolute atomic E-state index is 0. The van der Waals surface area contributed by atoms with Crippen LogP contribution >= 0.6 is 0 Å². The molecule has 0 aliphatic heterocycles. The summed E-state index contributed by atoms with van der Waals surface area (Å²) in [5.41, 5.74) is 8.13. The molecule has 2 heterocycles. The second-order valence-corrected chi connectivity index (χ2v) is 4.22. The van der Waals surface area contributed by atoms with Crippen LogP contribution in [0.25, 0.3) is 11.3 Å². The van der Waals surface area contributed by atoms with Gasteiger partial charge in [0.25, 0.3) is 11.9 Å². The number of pyridine rings is 1. The largest absolute Gasteiger partial charge is 1.00 e. The average Bonchev–Trinajstić information content (AvgIpc) is 3.01. The van der Waals surface area contributed by atoms with Crippen LogP contribution in [0.1, 0.15) is 10.5 Å². The van der Waals surface area contributed by atoms with E-state index in [2.05, 4.69) is 30.9 Å². The molecule has 9 heteroatoms. The Labute approximate surface area is 147 Å². The predicted molar refractivity (Wildman–Crippen MR) is 76.2 cm³/mol. The number of hydrogen-bond acceptors (Lipinski definition) is 6. The summed E-state index contributed by atoms with van der Waals surface area (Å²) in [6.07, 6.45) is 0. The molecular weight excluding hydrogens is 293 g/mol. The standard InChI is InChI=1S/C13H11N7O.Na/c14-9-6-4-8(5-7-9)10-2-1-3-11(15-10)12(21)16-13-17-19-20-18-13;/h1-7H,14H2,(H2,16,17,18,19,20,21);/q;+1. The van der Waals surface area contributed by atoms with Crippen LogP contribution in [-0.2, 0) is 0 Å². The summed E-state index contributed by atoms with van der Waals surface area (Å²) in [5.74, 6) is -0.312. The minimum Gasteiger partial charge on any atom is -0.399 e. The van der Waals surface area contributed by atoms with E-state index in [4.69, 9.17) is 5.73 Å². The SMILES string of the molecule is Nc1ccc(-c2cccc(C(=O)Nc3nn[nH]n3)n2)cc1.[Na+]. The first-order chi connectivity index (χ1) is 10.2. The molecule has 4 N–H and O–H groups in total. The van der Waals surface area contributed by atoms with Gasteiger partial charge in [0.05, 0.1) is 5.69 Å². The maximum atomic E-state index is 12.0. The summed E-state index contributed by atoms with van der Waals surface area (Å²) in [6.45, 7) is 0. The van der Waals surface area contributed by atoms with Crippen molar-refractivity contribution in [2.75, 3.05) is 11.1 Å². The summed E-state index contributed by atoms with van der Waals surface area (Å²) in [7, 11) is 0. The Kier molecular flexibility index (Phi) is 5.21. The molecule has 0 unspecified atom stereocenters. The van der Waals surface area contributed by atoms with Crippen molar-refractivity contribution in [3.63, 3.8) is 0 Å². The van der Waals surface area contributed by atoms with Gasteiger partial charge in [0.1, 0.15) is 5.69 Å². The van der Waals surface area contributed by atoms with Crippen LogP contribution < -0.4 is 40.6 Å². The molecule has 0 spiro atoms. The number of H-pyrrole nitrogens is 1. The van der Waals surface area contributed by atoms with Crippen molar-refractivity contribution in [3.8, 4) is 11.3 Å². The molecule has 3 rings (SSSR count). The van der Waals surface area contributed by atoms with Crippen LogP contribution in [0.5, 0.6) is 0 Å². The third-order valence-electron chi connectivity index (χ3n) is 2.76. The number of anilines is 2. The molecule has 0 fully saturated rings. The number of benzene rings is 1. The number of nitrogens with one attached hydrogen (secondary N) is 2. The molecule has 0 bridgehead atoms. The number of nitrogens with zero attached hydrogens (tertiary/aromatic N) is 4. The van der Waals surface area contributed by atoms with E-state index >= 15 is 0 Å². The first kappa shape index (κ1) is 16.1. The van der Waals surface area contributed by atoms with Gasteiger partial charge in [-0.3, -0.25) is 10.1 Å². The first-order valence-electron chi connectivity index (χ1n) is 6.10. The van der Waals surface area contributed by atoms with Gasteiger partial charge < -0.3 is 5.73 Å². The number of nitrogens with two attached hydrogens (primary N) is 1. The summed E-state index contributed by atoms with van der Waals surface area (Å²) in [5, 5.41) is 15.4. The van der Waals surface area contributed by atoms with Gasteiger partial charge in [-0.15, -0.1) is 5.10 Å². The monoisotopic (exact) mass is 304 g/mol. The molecule has 2 aromatic heterocycles.